The van der Waals surface area contributed by atoms with Gasteiger partial charge in [-0.15, -0.1) is 0 Å². The van der Waals surface area contributed by atoms with Gasteiger partial charge in [-0.1, -0.05) is 39.0 Å². The minimum Gasteiger partial charge on any atom is -0.334 e. The van der Waals surface area contributed by atoms with Crippen molar-refractivity contribution in [1.29, 1.82) is 5.41 Å². The fourth-order valence-corrected chi connectivity index (χ4v) is 1.78. The van der Waals surface area contributed by atoms with E-state index < -0.39 is 0 Å². The van der Waals surface area contributed by atoms with Gasteiger partial charge in [0.15, 0.2) is 5.96 Å². The molecule has 0 aliphatic carbocycles. The molecule has 1 amide bonds. The average Bonchev–Trinajstić information content (AvgIpc) is 2.51. The van der Waals surface area contributed by atoms with E-state index in [1.807, 2.05) is 4.90 Å². The van der Waals surface area contributed by atoms with Gasteiger partial charge in [-0.25, -0.2) is 0 Å². The maximum atomic E-state index is 10.9. The molecule has 1 rings (SSSR count). The third kappa shape index (κ3) is 4.32. The zero-order valence-corrected chi connectivity index (χ0v) is 9.51. The fraction of sp³-hybridized carbons (Fsp3) is 0.818. The van der Waals surface area contributed by atoms with E-state index in [1.165, 1.54) is 32.1 Å². The lowest BCUT2D eigenvalue weighted by molar-refractivity contribution is -0.118. The number of guanidine groups is 1. The van der Waals surface area contributed by atoms with Crippen LogP contribution in [0.15, 0.2) is 0 Å². The second kappa shape index (κ2) is 6.43. The standard InChI is InChI=1S/C11H21N3O/c1-2-3-4-5-6-7-8-14-9-10(15)13-11(14)12/h2-9H2,1H3,(H2,12,13,15). The van der Waals surface area contributed by atoms with E-state index in [1.54, 1.807) is 0 Å². The molecule has 1 aliphatic rings. The second-order valence-corrected chi connectivity index (χ2v) is 4.09. The number of nitrogens with zero attached hydrogens (tertiary/aromatic N) is 1. The molecule has 0 aromatic carbocycles. The smallest absolute Gasteiger partial charge is 0.246 e. The van der Waals surface area contributed by atoms with E-state index in [0.29, 0.717) is 6.54 Å². The molecule has 4 heteroatoms. The summed E-state index contributed by atoms with van der Waals surface area (Å²) in [6.07, 6.45) is 7.47. The number of amides is 1. The average molecular weight is 211 g/mol. The van der Waals surface area contributed by atoms with Crippen LogP contribution in [0.3, 0.4) is 0 Å². The van der Waals surface area contributed by atoms with E-state index in [9.17, 15) is 4.79 Å². The summed E-state index contributed by atoms with van der Waals surface area (Å²) in [7, 11) is 0. The molecule has 0 saturated carbocycles. The fourth-order valence-electron chi connectivity index (χ4n) is 1.78. The van der Waals surface area contributed by atoms with E-state index >= 15 is 0 Å². The summed E-state index contributed by atoms with van der Waals surface area (Å²) >= 11 is 0. The first kappa shape index (κ1) is 12.0. The summed E-state index contributed by atoms with van der Waals surface area (Å²) < 4.78 is 0. The predicted octanol–water partition coefficient (Wildman–Crippen LogP) is 1.71. The Kier molecular flexibility index (Phi) is 5.15. The van der Waals surface area contributed by atoms with Crippen molar-refractivity contribution in [3.63, 3.8) is 0 Å². The molecule has 2 N–H and O–H groups in total. The van der Waals surface area contributed by atoms with Gasteiger partial charge >= 0.3 is 0 Å². The van der Waals surface area contributed by atoms with Crippen LogP contribution in [0.2, 0.25) is 0 Å². The van der Waals surface area contributed by atoms with E-state index in [4.69, 9.17) is 5.41 Å². The van der Waals surface area contributed by atoms with Crippen molar-refractivity contribution in [3.05, 3.63) is 0 Å². The molecule has 1 fully saturated rings. The van der Waals surface area contributed by atoms with Crippen LogP contribution in [-0.4, -0.2) is 29.9 Å². The molecular formula is C11H21N3O. The molecule has 1 saturated heterocycles. The summed E-state index contributed by atoms with van der Waals surface area (Å²) in [6.45, 7) is 3.42. The zero-order chi connectivity index (χ0) is 11.1. The molecule has 1 aliphatic heterocycles. The van der Waals surface area contributed by atoms with E-state index in [0.717, 1.165) is 13.0 Å². The number of hydrogen-bond donors (Lipinski definition) is 2. The maximum absolute atomic E-state index is 10.9. The Morgan fingerprint density at radius 1 is 1.27 bits per heavy atom. The molecule has 0 aromatic rings. The van der Waals surface area contributed by atoms with Crippen LogP contribution in [0.4, 0.5) is 0 Å². The third-order valence-electron chi connectivity index (χ3n) is 2.69. The minimum absolute atomic E-state index is 0.0500. The topological polar surface area (TPSA) is 56.2 Å². The van der Waals surface area contributed by atoms with E-state index in [-0.39, 0.29) is 11.9 Å². The lowest BCUT2D eigenvalue weighted by Gasteiger charge is -2.14. The molecular weight excluding hydrogens is 190 g/mol. The summed E-state index contributed by atoms with van der Waals surface area (Å²) in [5, 5.41) is 9.97. The maximum Gasteiger partial charge on any atom is 0.246 e. The Bertz CT molecular complexity index is 228. The van der Waals surface area contributed by atoms with Crippen LogP contribution in [0.1, 0.15) is 45.4 Å². The highest BCUT2D eigenvalue weighted by atomic mass is 16.2. The molecule has 4 nitrogen and oxygen atoms in total. The van der Waals surface area contributed by atoms with Gasteiger partial charge in [-0.3, -0.25) is 15.5 Å². The Balaban J connectivity index is 2.00. The normalized spacial score (nSPS) is 15.9. The molecule has 0 radical (unpaired) electrons. The van der Waals surface area contributed by atoms with Crippen LogP contribution in [-0.2, 0) is 4.79 Å². The van der Waals surface area contributed by atoms with Gasteiger partial charge in [0.25, 0.3) is 0 Å². The van der Waals surface area contributed by atoms with E-state index in [2.05, 4.69) is 12.2 Å². The summed E-state index contributed by atoms with van der Waals surface area (Å²) in [6, 6.07) is 0. The summed E-state index contributed by atoms with van der Waals surface area (Å²) in [5.74, 6) is 0.222. The van der Waals surface area contributed by atoms with Crippen LogP contribution in [0.25, 0.3) is 0 Å². The monoisotopic (exact) mass is 211 g/mol. The lowest BCUT2D eigenvalue weighted by atomic mass is 10.1. The molecule has 0 aromatic heterocycles. The van der Waals surface area contributed by atoms with Crippen molar-refractivity contribution >= 4 is 11.9 Å². The first-order valence-corrected chi connectivity index (χ1v) is 5.87. The van der Waals surface area contributed by atoms with Gasteiger partial charge in [-0.2, -0.15) is 0 Å². The Hall–Kier alpha value is -1.06. The largest absolute Gasteiger partial charge is 0.334 e. The van der Waals surface area contributed by atoms with Gasteiger partial charge in [0.05, 0.1) is 0 Å². The molecule has 0 atom stereocenters. The minimum atomic E-state index is -0.0500. The van der Waals surface area contributed by atoms with Gasteiger partial charge < -0.3 is 4.90 Å². The highest BCUT2D eigenvalue weighted by Crippen LogP contribution is 2.07. The Morgan fingerprint density at radius 3 is 2.53 bits per heavy atom. The number of unbranched alkanes of at least 4 members (excludes halogenated alkanes) is 5. The highest BCUT2D eigenvalue weighted by molar-refractivity contribution is 6.02. The summed E-state index contributed by atoms with van der Waals surface area (Å²) in [5.41, 5.74) is 0. The van der Waals surface area contributed by atoms with Gasteiger partial charge in [-0.05, 0) is 6.42 Å². The van der Waals surface area contributed by atoms with Gasteiger partial charge in [0, 0.05) is 6.54 Å². The number of nitrogens with one attached hydrogen (secondary N) is 2. The molecule has 15 heavy (non-hydrogen) atoms. The van der Waals surface area contributed by atoms with Crippen LogP contribution in [0.5, 0.6) is 0 Å². The predicted molar refractivity (Wildman–Crippen MR) is 60.8 cm³/mol. The van der Waals surface area contributed by atoms with Crippen molar-refractivity contribution in [2.24, 2.45) is 0 Å². The third-order valence-corrected chi connectivity index (χ3v) is 2.69. The van der Waals surface area contributed by atoms with Crippen molar-refractivity contribution in [2.75, 3.05) is 13.1 Å². The number of carbonyl (C=O) groups excluding carboxylic acids is 1. The van der Waals surface area contributed by atoms with Crippen molar-refractivity contribution in [1.82, 2.24) is 10.2 Å². The van der Waals surface area contributed by atoms with Gasteiger partial charge in [0.2, 0.25) is 5.91 Å². The van der Waals surface area contributed by atoms with Crippen molar-refractivity contribution in [3.8, 4) is 0 Å². The van der Waals surface area contributed by atoms with Crippen molar-refractivity contribution < 1.29 is 4.79 Å². The Labute approximate surface area is 91.5 Å². The molecule has 0 unspecified atom stereocenters. The number of hydrogen-bond acceptors (Lipinski definition) is 2. The summed E-state index contributed by atoms with van der Waals surface area (Å²) in [4.78, 5) is 12.8. The molecule has 0 bridgehead atoms. The van der Waals surface area contributed by atoms with Crippen LogP contribution in [0, 0.1) is 5.41 Å². The number of rotatable bonds is 7. The molecule has 1 heterocycles. The molecule has 86 valence electrons. The van der Waals surface area contributed by atoms with Gasteiger partial charge in [0.1, 0.15) is 6.54 Å². The van der Waals surface area contributed by atoms with Crippen molar-refractivity contribution in [2.45, 2.75) is 45.4 Å². The second-order valence-electron chi connectivity index (χ2n) is 4.09. The Morgan fingerprint density at radius 2 is 1.93 bits per heavy atom. The van der Waals surface area contributed by atoms with Crippen LogP contribution >= 0.6 is 0 Å². The number of carbonyl (C=O) groups is 1. The SMILES string of the molecule is CCCCCCCCN1CC(=O)NC1=N. The quantitative estimate of drug-likeness (QED) is 0.630. The van der Waals surface area contributed by atoms with Crippen LogP contribution < -0.4 is 5.32 Å². The first-order valence-electron chi connectivity index (χ1n) is 5.87. The first-order chi connectivity index (χ1) is 7.24. The zero-order valence-electron chi connectivity index (χ0n) is 9.51. The highest BCUT2D eigenvalue weighted by Gasteiger charge is 2.22. The lowest BCUT2D eigenvalue weighted by Crippen LogP contribution is -2.29. The molecule has 0 spiro atoms.